The maximum Gasteiger partial charge on any atom is 0.255 e. The van der Waals surface area contributed by atoms with Crippen molar-refractivity contribution in [2.75, 3.05) is 20.2 Å². The zero-order chi connectivity index (χ0) is 20.5. The molecule has 0 aromatic heterocycles. The van der Waals surface area contributed by atoms with E-state index in [1.807, 2.05) is 0 Å². The number of likely N-dealkylation sites (tertiary alicyclic amines) is 2. The molecule has 2 aliphatic heterocycles. The SMILES string of the molecule is COC1(C(=O)N2CC(=O)C3C2CCN3C(=O)CCC(C)C(N)=O)CCCCC1. The van der Waals surface area contributed by atoms with Crippen LogP contribution in [0.4, 0.5) is 0 Å². The number of rotatable bonds is 6. The van der Waals surface area contributed by atoms with E-state index in [9.17, 15) is 19.2 Å². The predicted molar refractivity (Wildman–Crippen MR) is 101 cm³/mol. The molecular formula is C20H31N3O5. The van der Waals surface area contributed by atoms with E-state index in [-0.39, 0.29) is 42.5 Å². The third-order valence-corrected chi connectivity index (χ3v) is 6.72. The first-order chi connectivity index (χ1) is 13.3. The van der Waals surface area contributed by atoms with Gasteiger partial charge in [-0.2, -0.15) is 0 Å². The number of primary amides is 1. The van der Waals surface area contributed by atoms with E-state index in [0.717, 1.165) is 19.3 Å². The highest BCUT2D eigenvalue weighted by atomic mass is 16.5. The van der Waals surface area contributed by atoms with Gasteiger partial charge in [-0.3, -0.25) is 19.2 Å². The highest BCUT2D eigenvalue weighted by molar-refractivity contribution is 5.99. The lowest BCUT2D eigenvalue weighted by Gasteiger charge is -2.38. The molecule has 0 spiro atoms. The van der Waals surface area contributed by atoms with Gasteiger partial charge in [0.2, 0.25) is 11.8 Å². The molecule has 3 rings (SSSR count). The van der Waals surface area contributed by atoms with Crippen LogP contribution >= 0.6 is 0 Å². The van der Waals surface area contributed by atoms with Crippen LogP contribution < -0.4 is 5.73 Å². The van der Waals surface area contributed by atoms with Gasteiger partial charge < -0.3 is 20.3 Å². The molecule has 2 heterocycles. The second kappa shape index (κ2) is 8.19. The van der Waals surface area contributed by atoms with Gasteiger partial charge in [-0.15, -0.1) is 0 Å². The molecule has 3 aliphatic rings. The zero-order valence-electron chi connectivity index (χ0n) is 16.8. The molecule has 28 heavy (non-hydrogen) atoms. The van der Waals surface area contributed by atoms with Crippen molar-refractivity contribution in [2.24, 2.45) is 11.7 Å². The summed E-state index contributed by atoms with van der Waals surface area (Å²) < 4.78 is 5.67. The first-order valence-electron chi connectivity index (χ1n) is 10.3. The van der Waals surface area contributed by atoms with Gasteiger partial charge in [-0.1, -0.05) is 26.2 Å². The summed E-state index contributed by atoms with van der Waals surface area (Å²) >= 11 is 0. The molecule has 3 unspecified atom stereocenters. The number of ketones is 1. The van der Waals surface area contributed by atoms with Crippen molar-refractivity contribution < 1.29 is 23.9 Å². The number of Topliss-reactive ketones (excluding diaryl/α,β-unsaturated/α-hetero) is 1. The molecule has 2 N–H and O–H groups in total. The lowest BCUT2D eigenvalue weighted by molar-refractivity contribution is -0.160. The first kappa shape index (κ1) is 20.8. The lowest BCUT2D eigenvalue weighted by Crippen LogP contribution is -2.53. The van der Waals surface area contributed by atoms with E-state index in [4.69, 9.17) is 10.5 Å². The quantitative estimate of drug-likeness (QED) is 0.711. The van der Waals surface area contributed by atoms with Crippen LogP contribution in [0.15, 0.2) is 0 Å². The Morgan fingerprint density at radius 2 is 1.89 bits per heavy atom. The van der Waals surface area contributed by atoms with E-state index in [0.29, 0.717) is 32.2 Å². The molecule has 3 atom stereocenters. The van der Waals surface area contributed by atoms with Gasteiger partial charge in [0.1, 0.15) is 11.6 Å². The topological polar surface area (TPSA) is 110 Å². The summed E-state index contributed by atoms with van der Waals surface area (Å²) in [4.78, 5) is 53.1. The Balaban J connectivity index is 1.69. The van der Waals surface area contributed by atoms with Gasteiger partial charge in [0.25, 0.3) is 5.91 Å². The standard InChI is InChI=1S/C20H31N3O5/c1-13(18(21)26)6-7-16(25)22-11-8-14-17(22)15(24)12-23(14)19(27)20(28-2)9-4-3-5-10-20/h13-14,17H,3-12H2,1-2H3,(H2,21,26). The highest BCUT2D eigenvalue weighted by Gasteiger charge is 2.54. The van der Waals surface area contributed by atoms with Crippen LogP contribution in [-0.4, -0.2) is 71.2 Å². The van der Waals surface area contributed by atoms with Crippen molar-refractivity contribution in [3.8, 4) is 0 Å². The van der Waals surface area contributed by atoms with Crippen molar-refractivity contribution in [1.29, 1.82) is 0 Å². The van der Waals surface area contributed by atoms with Gasteiger partial charge in [0.05, 0.1) is 12.6 Å². The van der Waals surface area contributed by atoms with Crippen molar-refractivity contribution in [1.82, 2.24) is 9.80 Å². The Hall–Kier alpha value is -1.96. The molecule has 3 amide bonds. The number of nitrogens with two attached hydrogens (primary N) is 1. The van der Waals surface area contributed by atoms with Crippen molar-refractivity contribution in [2.45, 2.75) is 76.0 Å². The summed E-state index contributed by atoms with van der Waals surface area (Å²) in [6, 6.07) is -0.843. The first-order valence-corrected chi connectivity index (χ1v) is 10.3. The van der Waals surface area contributed by atoms with E-state index in [1.165, 1.54) is 0 Å². The van der Waals surface area contributed by atoms with Crippen LogP contribution in [0, 0.1) is 5.92 Å². The number of nitrogens with zero attached hydrogens (tertiary/aromatic N) is 2. The number of hydrogen-bond acceptors (Lipinski definition) is 5. The molecule has 2 saturated heterocycles. The van der Waals surface area contributed by atoms with Crippen LogP contribution in [0.3, 0.4) is 0 Å². The Kier molecular flexibility index (Phi) is 6.07. The average molecular weight is 393 g/mol. The minimum absolute atomic E-state index is 0.0424. The number of amides is 3. The number of fused-ring (bicyclic) bond motifs is 1. The number of carbonyl (C=O) groups excluding carboxylic acids is 4. The number of carbonyl (C=O) groups is 4. The monoisotopic (exact) mass is 393 g/mol. The summed E-state index contributed by atoms with van der Waals surface area (Å²) in [5.74, 6) is -1.16. The number of ether oxygens (including phenoxy) is 1. The maximum absolute atomic E-state index is 13.3. The Labute approximate surface area is 165 Å². The van der Waals surface area contributed by atoms with Crippen molar-refractivity contribution in [3.63, 3.8) is 0 Å². The largest absolute Gasteiger partial charge is 0.369 e. The fourth-order valence-electron chi connectivity index (χ4n) is 4.89. The molecule has 0 bridgehead atoms. The maximum atomic E-state index is 13.3. The predicted octanol–water partition coefficient (Wildman–Crippen LogP) is 0.618. The van der Waals surface area contributed by atoms with Crippen LogP contribution in [0.2, 0.25) is 0 Å². The Morgan fingerprint density at radius 1 is 1.21 bits per heavy atom. The smallest absolute Gasteiger partial charge is 0.255 e. The Morgan fingerprint density at radius 3 is 2.50 bits per heavy atom. The second-order valence-electron chi connectivity index (χ2n) is 8.39. The van der Waals surface area contributed by atoms with E-state index in [2.05, 4.69) is 0 Å². The fourth-order valence-corrected chi connectivity index (χ4v) is 4.89. The minimum Gasteiger partial charge on any atom is -0.369 e. The fraction of sp³-hybridized carbons (Fsp3) is 0.800. The summed E-state index contributed by atoms with van der Waals surface area (Å²) in [5, 5.41) is 0. The third kappa shape index (κ3) is 3.66. The molecule has 156 valence electrons. The average Bonchev–Trinajstić information content (AvgIpc) is 3.27. The molecule has 0 radical (unpaired) electrons. The van der Waals surface area contributed by atoms with Crippen LogP contribution in [0.1, 0.15) is 58.3 Å². The highest BCUT2D eigenvalue weighted by Crippen LogP contribution is 2.37. The van der Waals surface area contributed by atoms with Crippen LogP contribution in [0.5, 0.6) is 0 Å². The summed E-state index contributed by atoms with van der Waals surface area (Å²) in [5.41, 5.74) is 4.43. The second-order valence-corrected chi connectivity index (χ2v) is 8.39. The van der Waals surface area contributed by atoms with Gasteiger partial charge in [-0.05, 0) is 25.7 Å². The molecule has 1 saturated carbocycles. The minimum atomic E-state index is -0.832. The molecule has 1 aliphatic carbocycles. The van der Waals surface area contributed by atoms with Crippen LogP contribution in [0.25, 0.3) is 0 Å². The summed E-state index contributed by atoms with van der Waals surface area (Å²) in [6.07, 6.45) is 5.48. The van der Waals surface area contributed by atoms with Crippen LogP contribution in [-0.2, 0) is 23.9 Å². The normalized spacial score (nSPS) is 27.6. The molecule has 0 aromatic carbocycles. The third-order valence-electron chi connectivity index (χ3n) is 6.72. The van der Waals surface area contributed by atoms with Gasteiger partial charge in [-0.25, -0.2) is 0 Å². The molecule has 0 aromatic rings. The van der Waals surface area contributed by atoms with Crippen molar-refractivity contribution >= 4 is 23.5 Å². The van der Waals surface area contributed by atoms with Gasteiger partial charge >= 0.3 is 0 Å². The number of methoxy groups -OCH3 is 1. The number of hydrogen-bond donors (Lipinski definition) is 1. The van der Waals surface area contributed by atoms with Gasteiger partial charge in [0, 0.05) is 26.0 Å². The zero-order valence-corrected chi connectivity index (χ0v) is 16.8. The van der Waals surface area contributed by atoms with Crippen molar-refractivity contribution in [3.05, 3.63) is 0 Å². The van der Waals surface area contributed by atoms with E-state index >= 15 is 0 Å². The summed E-state index contributed by atoms with van der Waals surface area (Å²) in [6.45, 7) is 2.19. The summed E-state index contributed by atoms with van der Waals surface area (Å²) in [7, 11) is 1.57. The van der Waals surface area contributed by atoms with E-state index < -0.39 is 17.6 Å². The molecule has 8 nitrogen and oxygen atoms in total. The molecular weight excluding hydrogens is 362 g/mol. The Bertz CT molecular complexity index is 658. The lowest BCUT2D eigenvalue weighted by atomic mass is 9.83. The van der Waals surface area contributed by atoms with E-state index in [1.54, 1.807) is 23.8 Å². The molecule has 8 heteroatoms. The molecule has 3 fully saturated rings. The van der Waals surface area contributed by atoms with Gasteiger partial charge in [0.15, 0.2) is 5.78 Å².